The minimum Gasteiger partial charge on any atom is -0.497 e. The van der Waals surface area contributed by atoms with Gasteiger partial charge in [0.05, 0.1) is 18.4 Å². The second-order valence-corrected chi connectivity index (χ2v) is 9.49. The van der Waals surface area contributed by atoms with Crippen LogP contribution in [0.25, 0.3) is 10.7 Å². The Balaban J connectivity index is 1.51. The second kappa shape index (κ2) is 11.1. The smallest absolute Gasteiger partial charge is 0.307 e. The molecule has 0 unspecified atom stereocenters. The number of nitrogens with zero attached hydrogens (tertiary/aromatic N) is 2. The molecule has 7 heteroatoms. The predicted molar refractivity (Wildman–Crippen MR) is 141 cm³/mol. The van der Waals surface area contributed by atoms with Gasteiger partial charge in [-0.15, -0.1) is 11.3 Å². The van der Waals surface area contributed by atoms with E-state index in [-0.39, 0.29) is 6.42 Å². The first-order valence-electron chi connectivity index (χ1n) is 11.6. The van der Waals surface area contributed by atoms with Crippen molar-refractivity contribution in [3.63, 3.8) is 0 Å². The monoisotopic (exact) mass is 487 g/mol. The van der Waals surface area contributed by atoms with E-state index in [9.17, 15) is 4.79 Å². The van der Waals surface area contributed by atoms with Gasteiger partial charge in [0.1, 0.15) is 11.6 Å². The number of thiophene rings is 1. The number of methoxy groups -OCH3 is 1. The van der Waals surface area contributed by atoms with E-state index < -0.39 is 5.97 Å². The number of anilines is 2. The summed E-state index contributed by atoms with van der Waals surface area (Å²) in [5.74, 6) is 1.53. The number of carboxylic acids is 1. The summed E-state index contributed by atoms with van der Waals surface area (Å²) < 4.78 is 5.24. The van der Waals surface area contributed by atoms with Crippen molar-refractivity contribution in [3.8, 4) is 16.5 Å². The molecular formula is C28H29N3O3S. The van der Waals surface area contributed by atoms with Crippen LogP contribution in [0.15, 0.2) is 60.7 Å². The van der Waals surface area contributed by atoms with E-state index in [4.69, 9.17) is 19.8 Å². The van der Waals surface area contributed by atoms with Gasteiger partial charge in [0, 0.05) is 21.8 Å². The Labute approximate surface area is 209 Å². The normalized spacial score (nSPS) is 10.8. The van der Waals surface area contributed by atoms with Crippen LogP contribution < -0.4 is 10.1 Å². The predicted octanol–water partition coefficient (Wildman–Crippen LogP) is 6.24. The number of aliphatic carboxylic acids is 1. The van der Waals surface area contributed by atoms with Gasteiger partial charge in [-0.05, 0) is 73.7 Å². The van der Waals surface area contributed by atoms with E-state index in [1.54, 1.807) is 18.4 Å². The summed E-state index contributed by atoms with van der Waals surface area (Å²) in [5, 5.41) is 12.4. The van der Waals surface area contributed by atoms with Gasteiger partial charge in [-0.1, -0.05) is 31.2 Å². The van der Waals surface area contributed by atoms with Gasteiger partial charge < -0.3 is 15.2 Å². The van der Waals surface area contributed by atoms with E-state index in [1.165, 1.54) is 10.4 Å². The standard InChI is InChI=1S/C28H29N3O3S/c1-4-24-18(2)29-28(31-27(24)30-21-10-5-20(6-11-21)17-26(32)33)25-16-15-23(35-25)14-9-19-7-12-22(34-3)13-8-19/h5-8,10-13,15-16H,4,9,14,17H2,1-3H3,(H,32,33)(H,29,30,31). The highest BCUT2D eigenvalue weighted by molar-refractivity contribution is 7.15. The largest absolute Gasteiger partial charge is 0.497 e. The summed E-state index contributed by atoms with van der Waals surface area (Å²) in [6.45, 7) is 4.11. The zero-order chi connectivity index (χ0) is 24.8. The Kier molecular flexibility index (Phi) is 7.77. The second-order valence-electron chi connectivity index (χ2n) is 8.32. The molecule has 0 saturated heterocycles. The molecule has 0 saturated carbocycles. The molecule has 4 rings (SSSR count). The van der Waals surface area contributed by atoms with Crippen LogP contribution in [-0.2, 0) is 30.5 Å². The molecule has 0 amide bonds. The van der Waals surface area contributed by atoms with Crippen molar-refractivity contribution in [2.24, 2.45) is 0 Å². The molecule has 0 bridgehead atoms. The molecule has 0 radical (unpaired) electrons. The minimum absolute atomic E-state index is 0.0103. The van der Waals surface area contributed by atoms with Crippen molar-refractivity contribution in [2.45, 2.75) is 39.5 Å². The first kappa shape index (κ1) is 24.4. The van der Waals surface area contributed by atoms with E-state index in [1.807, 2.05) is 43.3 Å². The molecule has 6 nitrogen and oxygen atoms in total. The average molecular weight is 488 g/mol. The van der Waals surface area contributed by atoms with Gasteiger partial charge in [0.2, 0.25) is 0 Å². The SMILES string of the molecule is CCc1c(C)nc(-c2ccc(CCc3ccc(OC)cc3)s2)nc1Nc1ccc(CC(=O)O)cc1. The van der Waals surface area contributed by atoms with Crippen molar-refractivity contribution in [2.75, 3.05) is 12.4 Å². The number of rotatable bonds is 10. The zero-order valence-corrected chi connectivity index (χ0v) is 21.0. The maximum Gasteiger partial charge on any atom is 0.307 e. The Morgan fingerprint density at radius 3 is 2.34 bits per heavy atom. The summed E-state index contributed by atoms with van der Waals surface area (Å²) in [6, 6.07) is 19.9. The fourth-order valence-corrected chi connectivity index (χ4v) is 4.88. The topological polar surface area (TPSA) is 84.3 Å². The number of hydrogen-bond donors (Lipinski definition) is 2. The van der Waals surface area contributed by atoms with Gasteiger partial charge in [-0.2, -0.15) is 0 Å². The van der Waals surface area contributed by atoms with Gasteiger partial charge in [0.15, 0.2) is 5.82 Å². The molecule has 0 fully saturated rings. The molecule has 0 atom stereocenters. The average Bonchev–Trinajstić information content (AvgIpc) is 3.33. The lowest BCUT2D eigenvalue weighted by Gasteiger charge is -2.14. The van der Waals surface area contributed by atoms with Crippen LogP contribution in [0.3, 0.4) is 0 Å². The molecule has 2 aromatic carbocycles. The van der Waals surface area contributed by atoms with E-state index in [2.05, 4.69) is 36.5 Å². The summed E-state index contributed by atoms with van der Waals surface area (Å²) in [6.07, 6.45) is 2.74. The Morgan fingerprint density at radius 2 is 1.69 bits per heavy atom. The van der Waals surface area contributed by atoms with E-state index in [0.717, 1.165) is 58.2 Å². The van der Waals surface area contributed by atoms with Crippen molar-refractivity contribution < 1.29 is 14.6 Å². The summed E-state index contributed by atoms with van der Waals surface area (Å²) in [5.41, 5.74) is 4.93. The number of hydrogen-bond acceptors (Lipinski definition) is 6. The number of aryl methyl sites for hydroxylation is 3. The highest BCUT2D eigenvalue weighted by Gasteiger charge is 2.14. The molecule has 0 aliphatic rings. The molecule has 0 aliphatic heterocycles. The number of ether oxygens (including phenoxy) is 1. The zero-order valence-electron chi connectivity index (χ0n) is 20.2. The van der Waals surface area contributed by atoms with Crippen LogP contribution in [0.4, 0.5) is 11.5 Å². The number of nitrogens with one attached hydrogen (secondary N) is 1. The minimum atomic E-state index is -0.839. The fraction of sp³-hybridized carbons (Fsp3) is 0.250. The quantitative estimate of drug-likeness (QED) is 0.275. The van der Waals surface area contributed by atoms with Gasteiger partial charge in [-0.25, -0.2) is 9.97 Å². The van der Waals surface area contributed by atoms with E-state index >= 15 is 0 Å². The van der Waals surface area contributed by atoms with Crippen LogP contribution in [0.5, 0.6) is 5.75 Å². The molecule has 180 valence electrons. The van der Waals surface area contributed by atoms with Crippen LogP contribution in [0.1, 0.15) is 34.2 Å². The Hall–Kier alpha value is -3.71. The van der Waals surface area contributed by atoms with Crippen molar-refractivity contribution >= 4 is 28.8 Å². The number of carbonyl (C=O) groups is 1. The molecule has 2 N–H and O–H groups in total. The third kappa shape index (κ3) is 6.25. The maximum atomic E-state index is 10.9. The van der Waals surface area contributed by atoms with Crippen molar-refractivity contribution in [1.82, 2.24) is 9.97 Å². The third-order valence-electron chi connectivity index (χ3n) is 5.84. The van der Waals surface area contributed by atoms with Crippen molar-refractivity contribution in [3.05, 3.63) is 87.9 Å². The van der Waals surface area contributed by atoms with Gasteiger partial charge >= 0.3 is 5.97 Å². The van der Waals surface area contributed by atoms with Gasteiger partial charge in [-0.3, -0.25) is 4.79 Å². The Morgan fingerprint density at radius 1 is 0.971 bits per heavy atom. The summed E-state index contributed by atoms with van der Waals surface area (Å²) in [4.78, 5) is 22.9. The lowest BCUT2D eigenvalue weighted by Crippen LogP contribution is -2.05. The fourth-order valence-electron chi connectivity index (χ4n) is 3.94. The first-order chi connectivity index (χ1) is 16.9. The highest BCUT2D eigenvalue weighted by Crippen LogP contribution is 2.30. The van der Waals surface area contributed by atoms with Gasteiger partial charge in [0.25, 0.3) is 0 Å². The molecule has 35 heavy (non-hydrogen) atoms. The van der Waals surface area contributed by atoms with Crippen LogP contribution >= 0.6 is 11.3 Å². The molecule has 4 aromatic rings. The molecular weight excluding hydrogens is 458 g/mol. The molecule has 2 heterocycles. The van der Waals surface area contributed by atoms with E-state index in [0.29, 0.717) is 5.82 Å². The summed E-state index contributed by atoms with van der Waals surface area (Å²) in [7, 11) is 1.68. The van der Waals surface area contributed by atoms with Crippen molar-refractivity contribution in [1.29, 1.82) is 0 Å². The lowest BCUT2D eigenvalue weighted by molar-refractivity contribution is -0.136. The maximum absolute atomic E-state index is 10.9. The number of benzene rings is 2. The third-order valence-corrected chi connectivity index (χ3v) is 6.98. The molecule has 0 spiro atoms. The lowest BCUT2D eigenvalue weighted by atomic mass is 10.1. The number of carboxylic acid groups (broad SMARTS) is 1. The number of aromatic nitrogens is 2. The van der Waals surface area contributed by atoms with Crippen LogP contribution in [0.2, 0.25) is 0 Å². The molecule has 0 aliphatic carbocycles. The Bertz CT molecular complexity index is 1300. The van der Waals surface area contributed by atoms with Crippen LogP contribution in [-0.4, -0.2) is 28.2 Å². The highest BCUT2D eigenvalue weighted by atomic mass is 32.1. The summed E-state index contributed by atoms with van der Waals surface area (Å²) >= 11 is 1.72. The first-order valence-corrected chi connectivity index (χ1v) is 12.4. The van der Waals surface area contributed by atoms with Crippen LogP contribution in [0, 0.1) is 6.92 Å². The molecule has 2 aromatic heterocycles.